The smallest absolute Gasteiger partial charge is 0.356 e. The minimum Gasteiger partial charge on any atom is -0.476 e. The van der Waals surface area contributed by atoms with Gasteiger partial charge in [0.05, 0.1) is 13.2 Å². The molecule has 0 saturated heterocycles. The zero-order valence-electron chi connectivity index (χ0n) is 12.6. The van der Waals surface area contributed by atoms with Gasteiger partial charge in [-0.1, -0.05) is 20.8 Å². The molecule has 0 unspecified atom stereocenters. The van der Waals surface area contributed by atoms with E-state index in [9.17, 15) is 4.79 Å². The van der Waals surface area contributed by atoms with Crippen LogP contribution in [0.1, 0.15) is 37.0 Å². The van der Waals surface area contributed by atoms with Crippen molar-refractivity contribution >= 4 is 14.3 Å². The van der Waals surface area contributed by atoms with Crippen LogP contribution in [0.15, 0.2) is 6.07 Å². The second-order valence-corrected chi connectivity index (χ2v) is 11.1. The second kappa shape index (κ2) is 5.46. The number of carboxylic acid groups (broad SMARTS) is 1. The van der Waals surface area contributed by atoms with Crippen molar-refractivity contribution in [3.63, 3.8) is 0 Å². The van der Waals surface area contributed by atoms with Gasteiger partial charge in [0.2, 0.25) is 0 Å². The molecular weight excluding hydrogens is 260 g/mol. The summed E-state index contributed by atoms with van der Waals surface area (Å²) >= 11 is 0. The third-order valence-electron chi connectivity index (χ3n) is 3.77. The molecule has 6 heteroatoms. The molecule has 0 aliphatic rings. The molecule has 0 aromatic carbocycles. The molecule has 0 saturated carbocycles. The third kappa shape index (κ3) is 3.91. The van der Waals surface area contributed by atoms with E-state index in [1.807, 2.05) is 6.92 Å². The number of carbonyl (C=O) groups is 1. The van der Waals surface area contributed by atoms with Crippen molar-refractivity contribution in [2.24, 2.45) is 0 Å². The Morgan fingerprint density at radius 1 is 1.47 bits per heavy atom. The van der Waals surface area contributed by atoms with E-state index < -0.39 is 14.3 Å². The maximum atomic E-state index is 10.8. The standard InChI is InChI=1S/C13H24N2O3Si/c1-10-9-11(12(16)17)14-15(10)7-8-18-19(5,6)13(2,3)4/h9H,7-8H2,1-6H3,(H,16,17). The molecule has 0 radical (unpaired) electrons. The summed E-state index contributed by atoms with van der Waals surface area (Å²) in [6.07, 6.45) is 0. The Hall–Kier alpha value is -1.14. The van der Waals surface area contributed by atoms with Crippen molar-refractivity contribution in [3.8, 4) is 0 Å². The third-order valence-corrected chi connectivity index (χ3v) is 8.31. The first-order valence-corrected chi connectivity index (χ1v) is 9.37. The normalized spacial score (nSPS) is 12.7. The van der Waals surface area contributed by atoms with E-state index in [1.54, 1.807) is 10.7 Å². The van der Waals surface area contributed by atoms with E-state index >= 15 is 0 Å². The van der Waals surface area contributed by atoms with Gasteiger partial charge in [0.1, 0.15) is 0 Å². The van der Waals surface area contributed by atoms with E-state index in [0.29, 0.717) is 13.2 Å². The van der Waals surface area contributed by atoms with Gasteiger partial charge < -0.3 is 9.53 Å². The molecule has 1 heterocycles. The first-order chi connectivity index (χ1) is 8.54. The van der Waals surface area contributed by atoms with E-state index in [1.165, 1.54) is 0 Å². The van der Waals surface area contributed by atoms with Gasteiger partial charge in [-0.25, -0.2) is 4.79 Å². The lowest BCUT2D eigenvalue weighted by molar-refractivity contribution is 0.0689. The summed E-state index contributed by atoms with van der Waals surface area (Å²) < 4.78 is 7.74. The lowest BCUT2D eigenvalue weighted by Gasteiger charge is -2.36. The number of aromatic carboxylic acids is 1. The number of hydrogen-bond donors (Lipinski definition) is 1. The molecule has 0 aliphatic carbocycles. The van der Waals surface area contributed by atoms with Crippen molar-refractivity contribution in [2.75, 3.05) is 6.61 Å². The van der Waals surface area contributed by atoms with Crippen molar-refractivity contribution in [3.05, 3.63) is 17.5 Å². The highest BCUT2D eigenvalue weighted by Crippen LogP contribution is 2.36. The second-order valence-electron chi connectivity index (χ2n) is 6.31. The first kappa shape index (κ1) is 15.9. The summed E-state index contributed by atoms with van der Waals surface area (Å²) in [5, 5.41) is 13.1. The number of carboxylic acids is 1. The molecule has 108 valence electrons. The monoisotopic (exact) mass is 284 g/mol. The van der Waals surface area contributed by atoms with Crippen LogP contribution in [0.25, 0.3) is 0 Å². The summed E-state index contributed by atoms with van der Waals surface area (Å²) in [6.45, 7) is 14.0. The van der Waals surface area contributed by atoms with Gasteiger partial charge in [-0.15, -0.1) is 0 Å². The maximum absolute atomic E-state index is 10.8. The first-order valence-electron chi connectivity index (χ1n) is 6.46. The Bertz CT molecular complexity index is 461. The van der Waals surface area contributed by atoms with Crippen LogP contribution in [0.3, 0.4) is 0 Å². The molecule has 0 aliphatic heterocycles. The van der Waals surface area contributed by atoms with Crippen LogP contribution in [0.2, 0.25) is 18.1 Å². The molecule has 0 amide bonds. The van der Waals surface area contributed by atoms with E-state index in [2.05, 4.69) is 39.0 Å². The zero-order valence-corrected chi connectivity index (χ0v) is 13.6. The summed E-state index contributed by atoms with van der Waals surface area (Å²) in [5.74, 6) is -0.993. The van der Waals surface area contributed by atoms with E-state index in [0.717, 1.165) is 5.69 Å². The highest BCUT2D eigenvalue weighted by Gasteiger charge is 2.36. The Kier molecular flexibility index (Phi) is 4.57. The molecule has 1 N–H and O–H groups in total. The molecule has 0 spiro atoms. The molecule has 1 aromatic rings. The van der Waals surface area contributed by atoms with Gasteiger partial charge >= 0.3 is 5.97 Å². The van der Waals surface area contributed by atoms with Gasteiger partial charge in [0.15, 0.2) is 14.0 Å². The predicted molar refractivity (Wildman–Crippen MR) is 77.1 cm³/mol. The Morgan fingerprint density at radius 2 is 2.05 bits per heavy atom. The summed E-state index contributed by atoms with van der Waals surface area (Å²) in [7, 11) is -1.75. The molecular formula is C13H24N2O3Si. The van der Waals surface area contributed by atoms with Crippen molar-refractivity contribution in [1.82, 2.24) is 9.78 Å². The zero-order chi connectivity index (χ0) is 14.8. The Balaban J connectivity index is 2.61. The average molecular weight is 284 g/mol. The summed E-state index contributed by atoms with van der Waals surface area (Å²) in [5.41, 5.74) is 0.932. The van der Waals surface area contributed by atoms with Gasteiger partial charge in [0, 0.05) is 5.69 Å². The van der Waals surface area contributed by atoms with Crippen molar-refractivity contribution < 1.29 is 14.3 Å². The molecule has 0 atom stereocenters. The van der Waals surface area contributed by atoms with Crippen molar-refractivity contribution in [2.45, 2.75) is 52.4 Å². The average Bonchev–Trinajstić information content (AvgIpc) is 2.58. The van der Waals surface area contributed by atoms with Crippen LogP contribution >= 0.6 is 0 Å². The fraction of sp³-hybridized carbons (Fsp3) is 0.692. The number of rotatable bonds is 5. The minimum absolute atomic E-state index is 0.0878. The van der Waals surface area contributed by atoms with Gasteiger partial charge in [-0.2, -0.15) is 5.10 Å². The fourth-order valence-electron chi connectivity index (χ4n) is 1.44. The van der Waals surface area contributed by atoms with Crippen LogP contribution in [0, 0.1) is 6.92 Å². The Labute approximate surface area is 115 Å². The number of hydrogen-bond acceptors (Lipinski definition) is 3. The highest BCUT2D eigenvalue weighted by atomic mass is 28.4. The lowest BCUT2D eigenvalue weighted by Crippen LogP contribution is -2.41. The van der Waals surface area contributed by atoms with Crippen LogP contribution in [-0.2, 0) is 11.0 Å². The van der Waals surface area contributed by atoms with Crippen LogP contribution in [0.4, 0.5) is 0 Å². The largest absolute Gasteiger partial charge is 0.476 e. The quantitative estimate of drug-likeness (QED) is 0.844. The van der Waals surface area contributed by atoms with Gasteiger partial charge in [-0.05, 0) is 31.1 Å². The Morgan fingerprint density at radius 3 is 2.47 bits per heavy atom. The molecule has 1 rings (SSSR count). The maximum Gasteiger partial charge on any atom is 0.356 e. The van der Waals surface area contributed by atoms with Crippen molar-refractivity contribution in [1.29, 1.82) is 0 Å². The van der Waals surface area contributed by atoms with Crippen LogP contribution in [-0.4, -0.2) is 35.8 Å². The van der Waals surface area contributed by atoms with Crippen LogP contribution in [0.5, 0.6) is 0 Å². The SMILES string of the molecule is Cc1cc(C(=O)O)nn1CCO[Si](C)(C)C(C)(C)C. The predicted octanol–water partition coefficient (Wildman–Crippen LogP) is 2.91. The minimum atomic E-state index is -1.75. The molecule has 5 nitrogen and oxygen atoms in total. The number of aromatic nitrogens is 2. The van der Waals surface area contributed by atoms with Gasteiger partial charge in [0.25, 0.3) is 0 Å². The molecule has 19 heavy (non-hydrogen) atoms. The van der Waals surface area contributed by atoms with Gasteiger partial charge in [-0.3, -0.25) is 4.68 Å². The number of nitrogens with zero attached hydrogens (tertiary/aromatic N) is 2. The van der Waals surface area contributed by atoms with E-state index in [4.69, 9.17) is 9.53 Å². The lowest BCUT2D eigenvalue weighted by atomic mass is 10.2. The number of aryl methyl sites for hydroxylation is 1. The fourth-order valence-corrected chi connectivity index (χ4v) is 2.48. The topological polar surface area (TPSA) is 64.3 Å². The van der Waals surface area contributed by atoms with Crippen LogP contribution < -0.4 is 0 Å². The van der Waals surface area contributed by atoms with E-state index in [-0.39, 0.29) is 10.7 Å². The molecule has 1 aromatic heterocycles. The summed E-state index contributed by atoms with van der Waals surface area (Å²) in [4.78, 5) is 10.8. The molecule has 0 fully saturated rings. The highest BCUT2D eigenvalue weighted by molar-refractivity contribution is 6.74. The summed E-state index contributed by atoms with van der Waals surface area (Å²) in [6, 6.07) is 1.58. The molecule has 0 bridgehead atoms.